The summed E-state index contributed by atoms with van der Waals surface area (Å²) in [6, 6.07) is 5.54. The zero-order valence-corrected chi connectivity index (χ0v) is 10.3. The molecular weight excluding hydrogens is 210 g/mol. The van der Waals surface area contributed by atoms with Crippen LogP contribution in [0.3, 0.4) is 0 Å². The normalized spacial score (nSPS) is 25.3. The number of pyridine rings is 1. The van der Waals surface area contributed by atoms with Crippen LogP contribution in [0.4, 0.5) is 5.82 Å². The Bertz CT molecular complexity index is 350. The number of hydrogen-bond donors (Lipinski definition) is 2. The summed E-state index contributed by atoms with van der Waals surface area (Å²) < 4.78 is 0. The van der Waals surface area contributed by atoms with Crippen LogP contribution < -0.4 is 10.6 Å². The van der Waals surface area contributed by atoms with Crippen molar-refractivity contribution in [1.29, 1.82) is 0 Å². The van der Waals surface area contributed by atoms with Crippen molar-refractivity contribution in [1.82, 2.24) is 10.3 Å². The Labute approximate surface area is 103 Å². The molecule has 3 nitrogen and oxygen atoms in total. The summed E-state index contributed by atoms with van der Waals surface area (Å²) in [6.07, 6.45) is 9.88. The van der Waals surface area contributed by atoms with Gasteiger partial charge in [-0.2, -0.15) is 0 Å². The fourth-order valence-corrected chi connectivity index (χ4v) is 2.59. The number of piperidine rings is 1. The minimum atomic E-state index is 0.522. The van der Waals surface area contributed by atoms with E-state index < -0.39 is 0 Å². The molecule has 1 aliphatic carbocycles. The lowest BCUT2D eigenvalue weighted by molar-refractivity contribution is 0.411. The van der Waals surface area contributed by atoms with E-state index in [-0.39, 0.29) is 0 Å². The standard InChI is InChI=1S/C14H21N3/c1-2-9-15-13(6-1)11-7-8-14(16-10-11)17-12-4-3-5-12/h7-8,10,12-13,15H,1-6,9H2,(H,16,17)/t13-/m0/s1. The monoisotopic (exact) mass is 231 g/mol. The number of rotatable bonds is 3. The lowest BCUT2D eigenvalue weighted by Gasteiger charge is -2.27. The number of anilines is 1. The Kier molecular flexibility index (Phi) is 3.27. The number of aromatic nitrogens is 1. The highest BCUT2D eigenvalue weighted by molar-refractivity contribution is 5.37. The highest BCUT2D eigenvalue weighted by Crippen LogP contribution is 2.25. The van der Waals surface area contributed by atoms with Crippen LogP contribution in [0, 0.1) is 0 Å². The molecule has 2 heterocycles. The van der Waals surface area contributed by atoms with E-state index in [1.165, 1.54) is 44.1 Å². The summed E-state index contributed by atoms with van der Waals surface area (Å²) >= 11 is 0. The Morgan fingerprint density at radius 1 is 1.12 bits per heavy atom. The van der Waals surface area contributed by atoms with E-state index >= 15 is 0 Å². The summed E-state index contributed by atoms with van der Waals surface area (Å²) in [5.74, 6) is 1.04. The molecule has 0 unspecified atom stereocenters. The second-order valence-corrected chi connectivity index (χ2v) is 5.25. The molecule has 2 aliphatic rings. The third-order valence-corrected chi connectivity index (χ3v) is 3.96. The third-order valence-electron chi connectivity index (χ3n) is 3.96. The molecule has 1 saturated heterocycles. The second kappa shape index (κ2) is 5.05. The van der Waals surface area contributed by atoms with Gasteiger partial charge in [0.25, 0.3) is 0 Å². The summed E-state index contributed by atoms with van der Waals surface area (Å²) in [5.41, 5.74) is 1.34. The first-order valence-corrected chi connectivity index (χ1v) is 6.88. The Morgan fingerprint density at radius 3 is 2.65 bits per heavy atom. The van der Waals surface area contributed by atoms with Gasteiger partial charge in [-0.3, -0.25) is 0 Å². The molecular formula is C14H21N3. The minimum Gasteiger partial charge on any atom is -0.367 e. The quantitative estimate of drug-likeness (QED) is 0.840. The molecule has 1 aromatic rings. The predicted octanol–water partition coefficient (Wildman–Crippen LogP) is 2.86. The Morgan fingerprint density at radius 2 is 2.06 bits per heavy atom. The maximum atomic E-state index is 4.52. The largest absolute Gasteiger partial charge is 0.367 e. The van der Waals surface area contributed by atoms with Gasteiger partial charge in [0, 0.05) is 18.3 Å². The van der Waals surface area contributed by atoms with Crippen LogP contribution in [0.2, 0.25) is 0 Å². The van der Waals surface area contributed by atoms with Gasteiger partial charge in [-0.25, -0.2) is 4.98 Å². The van der Waals surface area contributed by atoms with Gasteiger partial charge < -0.3 is 10.6 Å². The number of nitrogens with one attached hydrogen (secondary N) is 2. The SMILES string of the molecule is c1cc(NC2CCC2)ncc1[C@@H]1CCCCN1. The van der Waals surface area contributed by atoms with Crippen molar-refractivity contribution in [2.75, 3.05) is 11.9 Å². The molecule has 1 aliphatic heterocycles. The lowest BCUT2D eigenvalue weighted by Crippen LogP contribution is -2.28. The first-order chi connectivity index (χ1) is 8.42. The van der Waals surface area contributed by atoms with Crippen LogP contribution in [0.5, 0.6) is 0 Å². The van der Waals surface area contributed by atoms with E-state index in [0.29, 0.717) is 12.1 Å². The maximum Gasteiger partial charge on any atom is 0.126 e. The lowest BCUT2D eigenvalue weighted by atomic mass is 9.93. The van der Waals surface area contributed by atoms with Crippen molar-refractivity contribution >= 4 is 5.82 Å². The van der Waals surface area contributed by atoms with Gasteiger partial charge in [0.2, 0.25) is 0 Å². The third kappa shape index (κ3) is 2.60. The van der Waals surface area contributed by atoms with Crippen LogP contribution in [0.15, 0.2) is 18.3 Å². The van der Waals surface area contributed by atoms with Gasteiger partial charge in [-0.15, -0.1) is 0 Å². The van der Waals surface area contributed by atoms with Gasteiger partial charge in [-0.1, -0.05) is 12.5 Å². The Balaban J connectivity index is 1.62. The molecule has 0 amide bonds. The molecule has 3 rings (SSSR count). The summed E-state index contributed by atoms with van der Waals surface area (Å²) in [6.45, 7) is 1.15. The van der Waals surface area contributed by atoms with E-state index in [9.17, 15) is 0 Å². The predicted molar refractivity (Wildman–Crippen MR) is 70.1 cm³/mol. The molecule has 3 heteroatoms. The molecule has 17 heavy (non-hydrogen) atoms. The molecule has 92 valence electrons. The van der Waals surface area contributed by atoms with Crippen molar-refractivity contribution in [3.05, 3.63) is 23.9 Å². The molecule has 1 atom stereocenters. The maximum absolute atomic E-state index is 4.52. The first kappa shape index (κ1) is 11.0. The molecule has 0 bridgehead atoms. The molecule has 1 aromatic heterocycles. The fraction of sp³-hybridized carbons (Fsp3) is 0.643. The number of nitrogens with zero attached hydrogens (tertiary/aromatic N) is 1. The van der Waals surface area contributed by atoms with Crippen molar-refractivity contribution in [2.45, 2.75) is 50.6 Å². The van der Waals surface area contributed by atoms with Crippen molar-refractivity contribution in [3.8, 4) is 0 Å². The van der Waals surface area contributed by atoms with Crippen LogP contribution in [0.1, 0.15) is 50.1 Å². The zero-order chi connectivity index (χ0) is 11.5. The molecule has 0 spiro atoms. The van der Waals surface area contributed by atoms with Gasteiger partial charge in [-0.05, 0) is 50.3 Å². The van der Waals surface area contributed by atoms with E-state index in [1.807, 2.05) is 6.20 Å². The molecule has 2 fully saturated rings. The summed E-state index contributed by atoms with van der Waals surface area (Å²) in [4.78, 5) is 4.52. The van der Waals surface area contributed by atoms with Crippen LogP contribution in [-0.4, -0.2) is 17.6 Å². The van der Waals surface area contributed by atoms with Crippen LogP contribution in [0.25, 0.3) is 0 Å². The average molecular weight is 231 g/mol. The zero-order valence-electron chi connectivity index (χ0n) is 10.3. The highest BCUT2D eigenvalue weighted by Gasteiger charge is 2.18. The highest BCUT2D eigenvalue weighted by atomic mass is 15.0. The minimum absolute atomic E-state index is 0.522. The molecule has 0 aromatic carbocycles. The summed E-state index contributed by atoms with van der Waals surface area (Å²) in [7, 11) is 0. The van der Waals surface area contributed by atoms with Crippen molar-refractivity contribution in [3.63, 3.8) is 0 Å². The molecule has 1 saturated carbocycles. The van der Waals surface area contributed by atoms with Gasteiger partial charge in [0.05, 0.1) is 0 Å². The molecule has 0 radical (unpaired) electrons. The van der Waals surface area contributed by atoms with E-state index in [2.05, 4.69) is 27.8 Å². The van der Waals surface area contributed by atoms with Crippen LogP contribution in [-0.2, 0) is 0 Å². The van der Waals surface area contributed by atoms with Gasteiger partial charge >= 0.3 is 0 Å². The number of hydrogen-bond acceptors (Lipinski definition) is 3. The smallest absolute Gasteiger partial charge is 0.126 e. The van der Waals surface area contributed by atoms with Crippen molar-refractivity contribution in [2.24, 2.45) is 0 Å². The molecule has 2 N–H and O–H groups in total. The van der Waals surface area contributed by atoms with E-state index in [4.69, 9.17) is 0 Å². The second-order valence-electron chi connectivity index (χ2n) is 5.25. The fourth-order valence-electron chi connectivity index (χ4n) is 2.59. The average Bonchev–Trinajstić information content (AvgIpc) is 2.36. The van der Waals surface area contributed by atoms with E-state index in [1.54, 1.807) is 0 Å². The summed E-state index contributed by atoms with van der Waals surface area (Å²) in [5, 5.41) is 7.03. The van der Waals surface area contributed by atoms with Crippen LogP contribution >= 0.6 is 0 Å². The van der Waals surface area contributed by atoms with E-state index in [0.717, 1.165) is 12.4 Å². The Hall–Kier alpha value is -1.09. The van der Waals surface area contributed by atoms with Gasteiger partial charge in [0.15, 0.2) is 0 Å². The van der Waals surface area contributed by atoms with Gasteiger partial charge in [0.1, 0.15) is 5.82 Å². The topological polar surface area (TPSA) is 37.0 Å². The first-order valence-electron chi connectivity index (χ1n) is 6.88. The van der Waals surface area contributed by atoms with Crippen molar-refractivity contribution < 1.29 is 0 Å².